The van der Waals surface area contributed by atoms with E-state index in [4.69, 9.17) is 11.6 Å². The maximum absolute atomic E-state index is 10.8. The van der Waals surface area contributed by atoms with Crippen molar-refractivity contribution in [3.05, 3.63) is 57.6 Å². The van der Waals surface area contributed by atoms with E-state index in [1.807, 2.05) is 18.2 Å². The number of halogens is 1. The molecule has 0 bridgehead atoms. The van der Waals surface area contributed by atoms with Gasteiger partial charge in [0.1, 0.15) is 5.69 Å². The number of nitro groups is 1. The zero-order valence-electron chi connectivity index (χ0n) is 10.9. The van der Waals surface area contributed by atoms with Gasteiger partial charge in [-0.2, -0.15) is 0 Å². The largest absolute Gasteiger partial charge is 0.504 e. The van der Waals surface area contributed by atoms with Gasteiger partial charge in [-0.1, -0.05) is 23.7 Å². The molecule has 0 saturated carbocycles. The first-order chi connectivity index (χ1) is 10.6. The first-order valence-corrected chi connectivity index (χ1v) is 7.32. The molecule has 1 N–H and O–H groups in total. The Morgan fingerprint density at radius 3 is 2.68 bits per heavy atom. The number of nitrogens with zero attached hydrogens (tertiary/aromatic N) is 3. The molecule has 2 aromatic carbocycles. The van der Waals surface area contributed by atoms with Crippen LogP contribution in [0.1, 0.15) is 0 Å². The molecule has 6 nitrogen and oxygen atoms in total. The fourth-order valence-electron chi connectivity index (χ4n) is 1.88. The number of non-ortho nitro benzene ring substituents is 1. The first kappa shape index (κ1) is 14.4. The number of benzene rings is 2. The van der Waals surface area contributed by atoms with E-state index in [9.17, 15) is 15.2 Å². The summed E-state index contributed by atoms with van der Waals surface area (Å²) in [7, 11) is 0. The summed E-state index contributed by atoms with van der Waals surface area (Å²) < 4.78 is 0.874. The van der Waals surface area contributed by atoms with Crippen molar-refractivity contribution in [1.29, 1.82) is 0 Å². The summed E-state index contributed by atoms with van der Waals surface area (Å²) in [5, 5.41) is 30.0. The van der Waals surface area contributed by atoms with E-state index in [0.717, 1.165) is 4.70 Å². The maximum Gasteiger partial charge on any atom is 0.271 e. The van der Waals surface area contributed by atoms with Crippen molar-refractivity contribution >= 4 is 49.4 Å². The first-order valence-electron chi connectivity index (χ1n) is 6.12. The van der Waals surface area contributed by atoms with Crippen LogP contribution in [-0.4, -0.2) is 10.0 Å². The summed E-state index contributed by atoms with van der Waals surface area (Å²) in [6.45, 7) is 0. The van der Waals surface area contributed by atoms with Crippen molar-refractivity contribution in [2.24, 2.45) is 10.2 Å². The fraction of sp³-hybridized carbons (Fsp3) is 0. The molecular weight excluding hydrogens is 326 g/mol. The van der Waals surface area contributed by atoms with Gasteiger partial charge in [0.15, 0.2) is 10.8 Å². The van der Waals surface area contributed by atoms with Crippen LogP contribution in [-0.2, 0) is 0 Å². The Morgan fingerprint density at radius 2 is 1.95 bits per heavy atom. The van der Waals surface area contributed by atoms with Crippen molar-refractivity contribution < 1.29 is 10.0 Å². The lowest BCUT2D eigenvalue weighted by molar-refractivity contribution is -0.384. The molecule has 8 heteroatoms. The van der Waals surface area contributed by atoms with Gasteiger partial charge in [0.05, 0.1) is 9.95 Å². The Labute approximate surface area is 133 Å². The zero-order valence-corrected chi connectivity index (χ0v) is 12.5. The molecule has 0 aliphatic heterocycles. The second-order valence-corrected chi connectivity index (χ2v) is 5.78. The fourth-order valence-corrected chi connectivity index (χ4v) is 2.95. The topological polar surface area (TPSA) is 88.1 Å². The van der Waals surface area contributed by atoms with Crippen LogP contribution in [0.25, 0.3) is 10.1 Å². The summed E-state index contributed by atoms with van der Waals surface area (Å²) >= 11 is 7.22. The lowest BCUT2D eigenvalue weighted by atomic mass is 10.2. The Hall–Kier alpha value is -2.51. The summed E-state index contributed by atoms with van der Waals surface area (Å²) in [6.07, 6.45) is 0. The van der Waals surface area contributed by atoms with Crippen LogP contribution in [0.4, 0.5) is 16.4 Å². The Balaban J connectivity index is 2.01. The van der Waals surface area contributed by atoms with E-state index < -0.39 is 4.92 Å². The molecule has 3 aromatic rings. The number of thiophene rings is 1. The van der Waals surface area contributed by atoms with E-state index in [0.29, 0.717) is 10.4 Å². The van der Waals surface area contributed by atoms with Crippen LogP contribution in [0.3, 0.4) is 0 Å². The summed E-state index contributed by atoms with van der Waals surface area (Å²) in [6, 6.07) is 11.2. The molecule has 0 spiro atoms. The van der Waals surface area contributed by atoms with Crippen molar-refractivity contribution in [1.82, 2.24) is 0 Å². The Bertz CT molecular complexity index is 907. The Morgan fingerprint density at radius 1 is 1.18 bits per heavy atom. The minimum absolute atomic E-state index is 0.0332. The highest BCUT2D eigenvalue weighted by Crippen LogP contribution is 2.44. The van der Waals surface area contributed by atoms with Gasteiger partial charge < -0.3 is 5.11 Å². The number of fused-ring (bicyclic) bond motifs is 1. The molecule has 110 valence electrons. The highest BCUT2D eigenvalue weighted by molar-refractivity contribution is 7.23. The van der Waals surface area contributed by atoms with Crippen molar-refractivity contribution in [3.8, 4) is 5.75 Å². The maximum atomic E-state index is 10.8. The van der Waals surface area contributed by atoms with Gasteiger partial charge in [-0.05, 0) is 18.2 Å². The van der Waals surface area contributed by atoms with Crippen molar-refractivity contribution in [2.75, 3.05) is 0 Å². The van der Waals surface area contributed by atoms with Crippen LogP contribution in [0.2, 0.25) is 5.02 Å². The normalized spacial score (nSPS) is 11.3. The average molecular weight is 334 g/mol. The van der Waals surface area contributed by atoms with Gasteiger partial charge in [-0.3, -0.25) is 10.1 Å². The van der Waals surface area contributed by atoms with E-state index in [-0.39, 0.29) is 22.1 Å². The van der Waals surface area contributed by atoms with Gasteiger partial charge in [-0.15, -0.1) is 21.6 Å². The monoisotopic (exact) mass is 333 g/mol. The molecule has 0 aliphatic rings. The third-order valence-electron chi connectivity index (χ3n) is 2.94. The molecule has 0 fully saturated rings. The zero-order chi connectivity index (χ0) is 15.7. The average Bonchev–Trinajstić information content (AvgIpc) is 2.83. The van der Waals surface area contributed by atoms with Crippen LogP contribution in [0.5, 0.6) is 5.75 Å². The summed E-state index contributed by atoms with van der Waals surface area (Å²) in [4.78, 5) is 10.2. The van der Waals surface area contributed by atoms with E-state index >= 15 is 0 Å². The summed E-state index contributed by atoms with van der Waals surface area (Å²) in [5.74, 6) is 0.0332. The third-order valence-corrected chi connectivity index (χ3v) is 4.30. The quantitative estimate of drug-likeness (QED) is 0.385. The standard InChI is InChI=1S/C14H8ClN3O3S/c15-10-6-5-8(18(20)21)7-11(10)16-17-14-13(19)9-3-1-2-4-12(9)22-14/h1-7,19H. The second kappa shape index (κ2) is 5.70. The molecular formula is C14H8ClN3O3S. The molecule has 1 aromatic heterocycles. The van der Waals surface area contributed by atoms with Gasteiger partial charge in [0.25, 0.3) is 5.69 Å². The molecule has 0 aliphatic carbocycles. The molecule has 0 saturated heterocycles. The number of azo groups is 1. The van der Waals surface area contributed by atoms with E-state index in [1.165, 1.54) is 29.5 Å². The van der Waals surface area contributed by atoms with E-state index in [1.54, 1.807) is 6.07 Å². The molecule has 0 atom stereocenters. The lowest BCUT2D eigenvalue weighted by Gasteiger charge is -1.96. The summed E-state index contributed by atoms with van der Waals surface area (Å²) in [5.41, 5.74) is 0.0478. The molecule has 1 heterocycles. The third kappa shape index (κ3) is 2.63. The molecule has 0 amide bonds. The number of hydrogen-bond acceptors (Lipinski definition) is 6. The Kier molecular flexibility index (Phi) is 3.74. The molecule has 0 unspecified atom stereocenters. The number of nitro benzene ring substituents is 1. The van der Waals surface area contributed by atoms with Crippen molar-refractivity contribution in [3.63, 3.8) is 0 Å². The van der Waals surface area contributed by atoms with Crippen molar-refractivity contribution in [2.45, 2.75) is 0 Å². The van der Waals surface area contributed by atoms with E-state index in [2.05, 4.69) is 10.2 Å². The van der Waals surface area contributed by atoms with Gasteiger partial charge >= 0.3 is 0 Å². The minimum atomic E-state index is -0.535. The number of rotatable bonds is 3. The van der Waals surface area contributed by atoms with Crippen LogP contribution in [0.15, 0.2) is 52.7 Å². The molecule has 22 heavy (non-hydrogen) atoms. The van der Waals surface area contributed by atoms with Crippen LogP contribution >= 0.6 is 22.9 Å². The highest BCUT2D eigenvalue weighted by Gasteiger charge is 2.12. The number of hydrogen-bond donors (Lipinski definition) is 1. The smallest absolute Gasteiger partial charge is 0.271 e. The van der Waals surface area contributed by atoms with Gasteiger partial charge in [-0.25, -0.2) is 0 Å². The number of aromatic hydroxyl groups is 1. The predicted octanol–water partition coefficient (Wildman–Crippen LogP) is 5.58. The van der Waals surface area contributed by atoms with Gasteiger partial charge in [0.2, 0.25) is 0 Å². The molecule has 3 rings (SSSR count). The minimum Gasteiger partial charge on any atom is -0.504 e. The second-order valence-electron chi connectivity index (χ2n) is 4.34. The predicted molar refractivity (Wildman–Crippen MR) is 85.8 cm³/mol. The SMILES string of the molecule is O=[N+]([O-])c1ccc(Cl)c(N=Nc2sc3ccccc3c2O)c1. The lowest BCUT2D eigenvalue weighted by Crippen LogP contribution is -1.86. The van der Waals surface area contributed by atoms with Crippen LogP contribution < -0.4 is 0 Å². The highest BCUT2D eigenvalue weighted by atomic mass is 35.5. The van der Waals surface area contributed by atoms with Gasteiger partial charge in [0, 0.05) is 22.2 Å². The molecule has 0 radical (unpaired) electrons. The van der Waals surface area contributed by atoms with Crippen LogP contribution in [0, 0.1) is 10.1 Å².